The summed E-state index contributed by atoms with van der Waals surface area (Å²) in [7, 11) is 2.13. The Kier molecular flexibility index (Phi) is 11.9. The van der Waals surface area contributed by atoms with E-state index in [1.54, 1.807) is 0 Å². The van der Waals surface area contributed by atoms with Gasteiger partial charge in [0.1, 0.15) is 0 Å². The number of nitrogens with zero attached hydrogens (tertiary/aromatic N) is 2. The zero-order valence-corrected chi connectivity index (χ0v) is 15.2. The number of hydrogen-bond donors (Lipinski definition) is 0. The van der Waals surface area contributed by atoms with E-state index in [-0.39, 0.29) is 0 Å². The number of rotatable bonds is 14. The second kappa shape index (κ2) is 13.4. The molecule has 0 aromatic carbocycles. The summed E-state index contributed by atoms with van der Waals surface area (Å²) in [4.78, 5) is 4.60. The molecule has 1 rings (SSSR count). The Bertz CT molecular complexity index is 256. The zero-order chi connectivity index (χ0) is 15.2. The van der Waals surface area contributed by atoms with E-state index >= 15 is 0 Å². The van der Waals surface area contributed by atoms with E-state index in [0.29, 0.717) is 0 Å². The Labute approximate surface area is 137 Å². The lowest BCUT2D eigenvalue weighted by Crippen LogP contribution is -2.21. The topological polar surface area (TPSA) is 6.48 Å². The van der Waals surface area contributed by atoms with Gasteiger partial charge in [-0.05, 0) is 12.2 Å². The van der Waals surface area contributed by atoms with Gasteiger partial charge in [0.05, 0.1) is 12.5 Å². The average molecular weight is 313 g/mol. The van der Waals surface area contributed by atoms with Crippen LogP contribution in [0.1, 0.15) is 77.6 Å². The Morgan fingerprint density at radius 2 is 1.38 bits per heavy atom. The predicted octanol–water partition coefficient (Wildman–Crippen LogP) is 5.66. The highest BCUT2D eigenvalue weighted by Gasteiger charge is 2.06. The summed E-state index contributed by atoms with van der Waals surface area (Å²) in [6.45, 7) is 3.35. The van der Waals surface area contributed by atoms with Crippen LogP contribution in [0.3, 0.4) is 0 Å². The van der Waals surface area contributed by atoms with Crippen molar-refractivity contribution in [2.24, 2.45) is 0 Å². The minimum atomic E-state index is 1.06. The highest BCUT2D eigenvalue weighted by molar-refractivity contribution is 7.99. The first-order chi connectivity index (χ1) is 10.3. The SMILES string of the molecule is CCCCCCCCCCCCCSCN1C=CN(C)C1. The molecule has 0 spiro atoms. The fourth-order valence-corrected chi connectivity index (χ4v) is 3.66. The molecule has 0 amide bonds. The molecule has 124 valence electrons. The molecule has 3 heteroatoms. The van der Waals surface area contributed by atoms with E-state index in [4.69, 9.17) is 0 Å². The van der Waals surface area contributed by atoms with Gasteiger partial charge in [-0.3, -0.25) is 0 Å². The number of thioether (sulfide) groups is 1. The summed E-state index contributed by atoms with van der Waals surface area (Å²) < 4.78 is 0. The Morgan fingerprint density at radius 3 is 1.90 bits per heavy atom. The first-order valence-corrected chi connectivity index (χ1v) is 10.2. The molecule has 1 aliphatic rings. The molecular weight excluding hydrogens is 276 g/mol. The molecule has 0 bridgehead atoms. The third-order valence-electron chi connectivity index (χ3n) is 4.09. The summed E-state index contributed by atoms with van der Waals surface area (Å²) in [6.07, 6.45) is 20.2. The van der Waals surface area contributed by atoms with Crippen molar-refractivity contribution >= 4 is 11.8 Å². The van der Waals surface area contributed by atoms with Gasteiger partial charge in [-0.1, -0.05) is 71.1 Å². The van der Waals surface area contributed by atoms with Crippen LogP contribution in [-0.4, -0.2) is 35.1 Å². The summed E-state index contributed by atoms with van der Waals surface area (Å²) >= 11 is 2.08. The molecule has 0 aromatic heterocycles. The third kappa shape index (κ3) is 11.0. The normalized spacial score (nSPS) is 14.4. The lowest BCUT2D eigenvalue weighted by molar-refractivity contribution is 0.331. The van der Waals surface area contributed by atoms with Crippen LogP contribution in [-0.2, 0) is 0 Å². The summed E-state index contributed by atoms with van der Waals surface area (Å²) in [6, 6.07) is 0. The van der Waals surface area contributed by atoms with Crippen molar-refractivity contribution in [1.29, 1.82) is 0 Å². The van der Waals surface area contributed by atoms with Crippen LogP contribution >= 0.6 is 11.8 Å². The van der Waals surface area contributed by atoms with E-state index in [2.05, 4.69) is 47.9 Å². The molecule has 1 heterocycles. The number of unbranched alkanes of at least 4 members (excludes halogenated alkanes) is 10. The molecule has 0 radical (unpaired) electrons. The van der Waals surface area contributed by atoms with Gasteiger partial charge in [0, 0.05) is 19.4 Å². The van der Waals surface area contributed by atoms with E-state index in [1.807, 2.05) is 0 Å². The minimum absolute atomic E-state index is 1.06. The summed E-state index contributed by atoms with van der Waals surface area (Å²) in [5.41, 5.74) is 0. The Morgan fingerprint density at radius 1 is 0.810 bits per heavy atom. The van der Waals surface area contributed by atoms with Crippen LogP contribution in [0.2, 0.25) is 0 Å². The van der Waals surface area contributed by atoms with Crippen LogP contribution in [0.25, 0.3) is 0 Å². The molecule has 0 aliphatic carbocycles. The molecule has 1 aliphatic heterocycles. The fraction of sp³-hybridized carbons (Fsp3) is 0.889. The molecule has 0 saturated heterocycles. The Balaban J connectivity index is 1.70. The molecular formula is C18H36N2S. The number of hydrogen-bond acceptors (Lipinski definition) is 3. The van der Waals surface area contributed by atoms with Crippen molar-refractivity contribution in [2.45, 2.75) is 77.6 Å². The maximum atomic E-state index is 2.38. The van der Waals surface area contributed by atoms with Crippen LogP contribution in [0.15, 0.2) is 12.4 Å². The maximum absolute atomic E-state index is 2.38. The molecule has 0 aromatic rings. The largest absolute Gasteiger partial charge is 0.362 e. The van der Waals surface area contributed by atoms with Gasteiger partial charge in [-0.15, -0.1) is 11.8 Å². The molecule has 2 nitrogen and oxygen atoms in total. The first-order valence-electron chi connectivity index (χ1n) is 9.03. The van der Waals surface area contributed by atoms with Crippen molar-refractivity contribution < 1.29 is 0 Å². The second-order valence-electron chi connectivity index (χ2n) is 6.36. The molecule has 0 atom stereocenters. The third-order valence-corrected chi connectivity index (χ3v) is 5.18. The van der Waals surface area contributed by atoms with Gasteiger partial charge < -0.3 is 9.80 Å². The Hall–Kier alpha value is -0.310. The monoisotopic (exact) mass is 312 g/mol. The maximum Gasteiger partial charge on any atom is 0.0898 e. The zero-order valence-electron chi connectivity index (χ0n) is 14.4. The molecule has 21 heavy (non-hydrogen) atoms. The second-order valence-corrected chi connectivity index (χ2v) is 7.43. The highest BCUT2D eigenvalue weighted by Crippen LogP contribution is 2.14. The van der Waals surface area contributed by atoms with Crippen molar-refractivity contribution in [2.75, 3.05) is 25.3 Å². The van der Waals surface area contributed by atoms with E-state index < -0.39 is 0 Å². The van der Waals surface area contributed by atoms with Crippen molar-refractivity contribution in [1.82, 2.24) is 9.80 Å². The van der Waals surface area contributed by atoms with Gasteiger partial charge in [-0.2, -0.15) is 0 Å². The molecule has 0 N–H and O–H groups in total. The van der Waals surface area contributed by atoms with E-state index in [0.717, 1.165) is 12.5 Å². The van der Waals surface area contributed by atoms with Gasteiger partial charge in [0.2, 0.25) is 0 Å². The summed E-state index contributed by atoms with van der Waals surface area (Å²) in [5.74, 6) is 2.48. The van der Waals surface area contributed by atoms with Gasteiger partial charge >= 0.3 is 0 Å². The van der Waals surface area contributed by atoms with Gasteiger partial charge in [0.15, 0.2) is 0 Å². The van der Waals surface area contributed by atoms with Crippen LogP contribution < -0.4 is 0 Å². The van der Waals surface area contributed by atoms with Crippen LogP contribution in [0.5, 0.6) is 0 Å². The lowest BCUT2D eigenvalue weighted by atomic mass is 10.1. The molecule has 0 saturated carbocycles. The summed E-state index contributed by atoms with van der Waals surface area (Å²) in [5, 5.41) is 0. The lowest BCUT2D eigenvalue weighted by Gasteiger charge is -2.17. The van der Waals surface area contributed by atoms with Gasteiger partial charge in [0.25, 0.3) is 0 Å². The standard InChI is InChI=1S/C18H36N2S/c1-3-4-5-6-7-8-9-10-11-12-13-16-21-18-20-15-14-19(2)17-20/h14-15H,3-13,16-18H2,1-2H3. The van der Waals surface area contributed by atoms with Crippen molar-refractivity contribution in [3.63, 3.8) is 0 Å². The van der Waals surface area contributed by atoms with Crippen molar-refractivity contribution in [3.05, 3.63) is 12.4 Å². The average Bonchev–Trinajstić information content (AvgIpc) is 2.89. The quantitative estimate of drug-likeness (QED) is 0.382. The molecule has 0 unspecified atom stereocenters. The fourth-order valence-electron chi connectivity index (χ4n) is 2.72. The van der Waals surface area contributed by atoms with E-state index in [1.165, 1.54) is 76.4 Å². The van der Waals surface area contributed by atoms with Gasteiger partial charge in [-0.25, -0.2) is 0 Å². The molecule has 0 fully saturated rings. The highest BCUT2D eigenvalue weighted by atomic mass is 32.2. The predicted molar refractivity (Wildman–Crippen MR) is 97.4 cm³/mol. The van der Waals surface area contributed by atoms with E-state index in [9.17, 15) is 0 Å². The van der Waals surface area contributed by atoms with Crippen LogP contribution in [0, 0.1) is 0 Å². The smallest absolute Gasteiger partial charge is 0.0898 e. The van der Waals surface area contributed by atoms with Crippen LogP contribution in [0.4, 0.5) is 0 Å². The van der Waals surface area contributed by atoms with Crippen molar-refractivity contribution in [3.8, 4) is 0 Å². The minimum Gasteiger partial charge on any atom is -0.362 e. The first kappa shape index (κ1) is 18.7.